The van der Waals surface area contributed by atoms with Crippen LogP contribution in [0.25, 0.3) is 0 Å². The van der Waals surface area contributed by atoms with E-state index in [1.165, 1.54) is 5.56 Å². The molecule has 3 nitrogen and oxygen atoms in total. The second-order valence-corrected chi connectivity index (χ2v) is 5.66. The molecular weight excluding hydrogens is 274 g/mol. The van der Waals surface area contributed by atoms with Crippen molar-refractivity contribution in [1.82, 2.24) is 4.90 Å². The Kier molecular flexibility index (Phi) is 5.86. The highest BCUT2D eigenvalue weighted by Crippen LogP contribution is 2.29. The number of halogens is 1. The van der Waals surface area contributed by atoms with Crippen LogP contribution in [-0.4, -0.2) is 37.1 Å². The number of ether oxygens (including phenoxy) is 1. The largest absolute Gasteiger partial charge is 0.466 e. The van der Waals surface area contributed by atoms with Gasteiger partial charge in [0, 0.05) is 11.6 Å². The van der Waals surface area contributed by atoms with Gasteiger partial charge in [0.15, 0.2) is 0 Å². The van der Waals surface area contributed by atoms with Crippen LogP contribution in [0.4, 0.5) is 0 Å². The van der Waals surface area contributed by atoms with Gasteiger partial charge in [0.1, 0.15) is 0 Å². The smallest absolute Gasteiger partial charge is 0.307 e. The predicted octanol–water partition coefficient (Wildman–Crippen LogP) is 3.47. The van der Waals surface area contributed by atoms with Gasteiger partial charge in [-0.05, 0) is 56.5 Å². The van der Waals surface area contributed by atoms with Crippen LogP contribution in [0.1, 0.15) is 37.7 Å². The van der Waals surface area contributed by atoms with E-state index in [2.05, 4.69) is 17.0 Å². The molecule has 0 N–H and O–H groups in total. The van der Waals surface area contributed by atoms with Crippen LogP contribution < -0.4 is 0 Å². The molecule has 0 spiro atoms. The Morgan fingerprint density at radius 3 is 2.80 bits per heavy atom. The van der Waals surface area contributed by atoms with E-state index in [1.807, 2.05) is 19.1 Å². The van der Waals surface area contributed by atoms with Crippen LogP contribution in [0, 0.1) is 0 Å². The third kappa shape index (κ3) is 4.50. The minimum atomic E-state index is -0.0931. The number of carbonyl (C=O) groups excluding carboxylic acids is 1. The average Bonchev–Trinajstić information content (AvgIpc) is 2.46. The first-order chi connectivity index (χ1) is 9.69. The third-order valence-corrected chi connectivity index (χ3v) is 4.08. The van der Waals surface area contributed by atoms with Crippen LogP contribution in [0.15, 0.2) is 24.3 Å². The number of rotatable bonds is 5. The van der Waals surface area contributed by atoms with Crippen LogP contribution in [0.5, 0.6) is 0 Å². The number of esters is 1. The quantitative estimate of drug-likeness (QED) is 0.779. The zero-order valence-corrected chi connectivity index (χ0v) is 12.7. The molecule has 110 valence electrons. The zero-order valence-electron chi connectivity index (χ0n) is 12.0. The number of hydrogen-bond donors (Lipinski definition) is 0. The molecule has 1 aliphatic heterocycles. The number of carbonyl (C=O) groups is 1. The molecule has 1 aromatic carbocycles. The Balaban J connectivity index is 1.76. The van der Waals surface area contributed by atoms with Gasteiger partial charge in [-0.15, -0.1) is 0 Å². The molecular formula is C16H22ClNO2. The second kappa shape index (κ2) is 7.65. The molecule has 0 aromatic heterocycles. The summed E-state index contributed by atoms with van der Waals surface area (Å²) in [6.07, 6.45) is 2.75. The molecule has 1 saturated heterocycles. The summed E-state index contributed by atoms with van der Waals surface area (Å²) in [7, 11) is 0. The molecule has 1 aliphatic rings. The fourth-order valence-electron chi connectivity index (χ4n) is 2.73. The summed E-state index contributed by atoms with van der Waals surface area (Å²) in [5.74, 6) is 0.497. The molecule has 0 bridgehead atoms. The molecule has 0 amide bonds. The lowest BCUT2D eigenvalue weighted by atomic mass is 9.89. The highest BCUT2D eigenvalue weighted by molar-refractivity contribution is 6.30. The lowest BCUT2D eigenvalue weighted by Crippen LogP contribution is -2.34. The first-order valence-corrected chi connectivity index (χ1v) is 7.70. The minimum absolute atomic E-state index is 0.0931. The third-order valence-electron chi connectivity index (χ3n) is 3.85. The first kappa shape index (κ1) is 15.3. The number of nitrogens with zero attached hydrogens (tertiary/aromatic N) is 1. The Bertz CT molecular complexity index is 442. The van der Waals surface area contributed by atoms with Gasteiger partial charge in [-0.1, -0.05) is 23.7 Å². The van der Waals surface area contributed by atoms with Crippen LogP contribution >= 0.6 is 11.6 Å². The Morgan fingerprint density at radius 2 is 2.15 bits per heavy atom. The van der Waals surface area contributed by atoms with Crippen molar-refractivity contribution in [3.63, 3.8) is 0 Å². The fourth-order valence-corrected chi connectivity index (χ4v) is 2.93. The Hall–Kier alpha value is -1.06. The first-order valence-electron chi connectivity index (χ1n) is 7.32. The van der Waals surface area contributed by atoms with Crippen molar-refractivity contribution in [2.45, 2.75) is 32.1 Å². The van der Waals surface area contributed by atoms with Crippen molar-refractivity contribution in [2.75, 3.05) is 26.2 Å². The normalized spacial score (nSPS) is 17.1. The maximum Gasteiger partial charge on any atom is 0.307 e. The lowest BCUT2D eigenvalue weighted by molar-refractivity contribution is -0.143. The SMILES string of the molecule is CCOC(=O)CCN1CCC(c2cccc(Cl)c2)CC1. The van der Waals surface area contributed by atoms with Gasteiger partial charge in [-0.3, -0.25) is 4.79 Å². The highest BCUT2D eigenvalue weighted by atomic mass is 35.5. The number of piperidine rings is 1. The van der Waals surface area contributed by atoms with Gasteiger partial charge in [-0.2, -0.15) is 0 Å². The molecule has 2 rings (SSSR count). The van der Waals surface area contributed by atoms with Gasteiger partial charge >= 0.3 is 5.97 Å². The molecule has 0 radical (unpaired) electrons. The summed E-state index contributed by atoms with van der Waals surface area (Å²) in [5.41, 5.74) is 1.34. The van der Waals surface area contributed by atoms with Gasteiger partial charge in [-0.25, -0.2) is 0 Å². The summed E-state index contributed by atoms with van der Waals surface area (Å²) in [6, 6.07) is 8.16. The Labute approximate surface area is 125 Å². The molecule has 1 aromatic rings. The van der Waals surface area contributed by atoms with E-state index < -0.39 is 0 Å². The van der Waals surface area contributed by atoms with E-state index in [-0.39, 0.29) is 5.97 Å². The van der Waals surface area contributed by atoms with E-state index in [9.17, 15) is 4.79 Å². The summed E-state index contributed by atoms with van der Waals surface area (Å²) >= 11 is 6.05. The van der Waals surface area contributed by atoms with E-state index in [0.29, 0.717) is 18.9 Å². The predicted molar refractivity (Wildman–Crippen MR) is 81.1 cm³/mol. The summed E-state index contributed by atoms with van der Waals surface area (Å²) < 4.78 is 4.96. The van der Waals surface area contributed by atoms with Crippen molar-refractivity contribution < 1.29 is 9.53 Å². The van der Waals surface area contributed by atoms with Crippen LogP contribution in [-0.2, 0) is 9.53 Å². The minimum Gasteiger partial charge on any atom is -0.466 e. The van der Waals surface area contributed by atoms with Crippen molar-refractivity contribution in [1.29, 1.82) is 0 Å². The van der Waals surface area contributed by atoms with Crippen molar-refractivity contribution >= 4 is 17.6 Å². The highest BCUT2D eigenvalue weighted by Gasteiger charge is 2.21. The van der Waals surface area contributed by atoms with E-state index >= 15 is 0 Å². The maximum absolute atomic E-state index is 11.3. The Morgan fingerprint density at radius 1 is 1.40 bits per heavy atom. The number of likely N-dealkylation sites (tertiary alicyclic amines) is 1. The molecule has 1 fully saturated rings. The number of benzene rings is 1. The van der Waals surface area contributed by atoms with Crippen molar-refractivity contribution in [3.05, 3.63) is 34.9 Å². The van der Waals surface area contributed by atoms with Gasteiger partial charge in [0.05, 0.1) is 13.0 Å². The maximum atomic E-state index is 11.3. The topological polar surface area (TPSA) is 29.5 Å². The van der Waals surface area contributed by atoms with Gasteiger partial charge < -0.3 is 9.64 Å². The summed E-state index contributed by atoms with van der Waals surface area (Å²) in [5, 5.41) is 0.812. The van der Waals surface area contributed by atoms with Crippen molar-refractivity contribution in [3.8, 4) is 0 Å². The summed E-state index contributed by atoms with van der Waals surface area (Å²) in [4.78, 5) is 13.7. The standard InChI is InChI=1S/C16H22ClNO2/c1-2-20-16(19)8-11-18-9-6-13(7-10-18)14-4-3-5-15(17)12-14/h3-5,12-13H,2,6-11H2,1H3. The number of hydrogen-bond acceptors (Lipinski definition) is 3. The molecule has 4 heteroatoms. The lowest BCUT2D eigenvalue weighted by Gasteiger charge is -2.32. The second-order valence-electron chi connectivity index (χ2n) is 5.23. The fraction of sp³-hybridized carbons (Fsp3) is 0.562. The van der Waals surface area contributed by atoms with E-state index in [0.717, 1.165) is 37.5 Å². The molecule has 20 heavy (non-hydrogen) atoms. The van der Waals surface area contributed by atoms with Gasteiger partial charge in [0.25, 0.3) is 0 Å². The zero-order chi connectivity index (χ0) is 14.4. The average molecular weight is 296 g/mol. The van der Waals surface area contributed by atoms with Crippen LogP contribution in [0.2, 0.25) is 5.02 Å². The van der Waals surface area contributed by atoms with E-state index in [1.54, 1.807) is 0 Å². The molecule has 0 aliphatic carbocycles. The summed E-state index contributed by atoms with van der Waals surface area (Å²) in [6.45, 7) is 5.19. The molecule has 0 saturated carbocycles. The molecule has 0 atom stereocenters. The molecule has 0 unspecified atom stereocenters. The van der Waals surface area contributed by atoms with Gasteiger partial charge in [0.2, 0.25) is 0 Å². The monoisotopic (exact) mass is 295 g/mol. The molecule has 1 heterocycles. The van der Waals surface area contributed by atoms with Crippen LogP contribution in [0.3, 0.4) is 0 Å². The van der Waals surface area contributed by atoms with E-state index in [4.69, 9.17) is 16.3 Å². The van der Waals surface area contributed by atoms with Crippen molar-refractivity contribution in [2.24, 2.45) is 0 Å².